The van der Waals surface area contributed by atoms with E-state index in [0.717, 1.165) is 12.0 Å². The molecule has 14 heavy (non-hydrogen) atoms. The smallest absolute Gasteiger partial charge is 0.354 e. The molecule has 0 aromatic carbocycles. The first-order chi connectivity index (χ1) is 6.56. The first-order valence-electron chi connectivity index (χ1n) is 4.10. The highest BCUT2D eigenvalue weighted by atomic mass is 79.9. The Labute approximate surface area is 98.8 Å². The minimum absolute atomic E-state index is 0.0522. The molecule has 0 aliphatic carbocycles. The van der Waals surface area contributed by atoms with E-state index in [1.165, 1.54) is 6.07 Å². The van der Waals surface area contributed by atoms with Crippen LogP contribution >= 0.6 is 31.9 Å². The van der Waals surface area contributed by atoms with Crippen LogP contribution in [0.3, 0.4) is 0 Å². The molecule has 76 valence electrons. The molecule has 0 spiro atoms. The van der Waals surface area contributed by atoms with E-state index in [4.69, 9.17) is 5.11 Å². The summed E-state index contributed by atoms with van der Waals surface area (Å²) in [6.07, 6.45) is 0.923. The van der Waals surface area contributed by atoms with E-state index >= 15 is 0 Å². The van der Waals surface area contributed by atoms with Crippen molar-refractivity contribution in [3.05, 3.63) is 28.0 Å². The number of hydrogen-bond donors (Lipinski definition) is 1. The summed E-state index contributed by atoms with van der Waals surface area (Å²) in [6.45, 7) is 2.04. The molecule has 0 saturated heterocycles. The molecule has 5 heteroatoms. The number of carboxylic acids is 1. The number of rotatable bonds is 3. The molecule has 1 heterocycles. The van der Waals surface area contributed by atoms with Gasteiger partial charge in [-0.1, -0.05) is 28.9 Å². The van der Waals surface area contributed by atoms with Crippen LogP contribution in [0.2, 0.25) is 0 Å². The fourth-order valence-electron chi connectivity index (χ4n) is 1.02. The third-order valence-electron chi connectivity index (χ3n) is 1.79. The van der Waals surface area contributed by atoms with E-state index in [-0.39, 0.29) is 10.5 Å². The quantitative estimate of drug-likeness (QED) is 0.685. The van der Waals surface area contributed by atoms with Crippen LogP contribution in [0.1, 0.15) is 34.2 Å². The molecule has 1 N–H and O–H groups in total. The van der Waals surface area contributed by atoms with Crippen LogP contribution in [0.15, 0.2) is 16.7 Å². The Morgan fingerprint density at radius 1 is 1.64 bits per heavy atom. The van der Waals surface area contributed by atoms with Gasteiger partial charge in [0.05, 0.1) is 0 Å². The van der Waals surface area contributed by atoms with Crippen molar-refractivity contribution in [3.8, 4) is 0 Å². The van der Waals surface area contributed by atoms with E-state index in [9.17, 15) is 4.79 Å². The third-order valence-corrected chi connectivity index (χ3v) is 3.57. The maximum atomic E-state index is 10.6. The lowest BCUT2D eigenvalue weighted by atomic mass is 10.1. The molecule has 0 radical (unpaired) electrons. The zero-order valence-corrected chi connectivity index (χ0v) is 10.7. The molecule has 0 bridgehead atoms. The molecule has 0 aliphatic heterocycles. The van der Waals surface area contributed by atoms with Gasteiger partial charge in [-0.2, -0.15) is 0 Å². The number of aromatic carboxylic acids is 1. The van der Waals surface area contributed by atoms with Gasteiger partial charge in [0.1, 0.15) is 10.3 Å². The molecule has 0 amide bonds. The van der Waals surface area contributed by atoms with E-state index in [1.54, 1.807) is 6.07 Å². The number of carboxylic acid groups (broad SMARTS) is 1. The SMILES string of the molecule is CCC(Br)c1ccc(C(=O)O)nc1Br. The number of carbonyl (C=O) groups is 1. The van der Waals surface area contributed by atoms with Crippen LogP contribution in [0.4, 0.5) is 0 Å². The van der Waals surface area contributed by atoms with Crippen molar-refractivity contribution >= 4 is 37.8 Å². The van der Waals surface area contributed by atoms with Crippen LogP contribution in [0.25, 0.3) is 0 Å². The van der Waals surface area contributed by atoms with Crippen molar-refractivity contribution in [1.29, 1.82) is 0 Å². The molecular formula is C9H9Br2NO2. The van der Waals surface area contributed by atoms with Gasteiger partial charge in [-0.25, -0.2) is 9.78 Å². The average molecular weight is 323 g/mol. The van der Waals surface area contributed by atoms with Gasteiger partial charge in [0.15, 0.2) is 0 Å². The fraction of sp³-hybridized carbons (Fsp3) is 0.333. The van der Waals surface area contributed by atoms with Crippen molar-refractivity contribution < 1.29 is 9.90 Å². The average Bonchev–Trinajstić information content (AvgIpc) is 2.16. The Bertz CT molecular complexity index is 355. The fourth-order valence-corrected chi connectivity index (χ4v) is 2.29. The van der Waals surface area contributed by atoms with Crippen molar-refractivity contribution in [2.75, 3.05) is 0 Å². The number of alkyl halides is 1. The Morgan fingerprint density at radius 3 is 2.71 bits per heavy atom. The second kappa shape index (κ2) is 4.89. The molecular weight excluding hydrogens is 314 g/mol. The summed E-state index contributed by atoms with van der Waals surface area (Å²) in [5, 5.41) is 8.70. The largest absolute Gasteiger partial charge is 0.477 e. The standard InChI is InChI=1S/C9H9Br2NO2/c1-2-6(10)5-3-4-7(9(13)14)12-8(5)11/h3-4,6H,2H2,1H3,(H,13,14). The summed E-state index contributed by atoms with van der Waals surface area (Å²) in [5.74, 6) is -1.01. The highest BCUT2D eigenvalue weighted by molar-refractivity contribution is 9.10. The van der Waals surface area contributed by atoms with Crippen LogP contribution in [-0.4, -0.2) is 16.1 Å². The Kier molecular flexibility index (Phi) is 4.07. The maximum Gasteiger partial charge on any atom is 0.354 e. The zero-order valence-electron chi connectivity index (χ0n) is 7.50. The second-order valence-electron chi connectivity index (χ2n) is 2.76. The van der Waals surface area contributed by atoms with Gasteiger partial charge in [0.25, 0.3) is 0 Å². The molecule has 0 saturated carbocycles. The first-order valence-corrected chi connectivity index (χ1v) is 5.81. The number of halogens is 2. The molecule has 1 atom stereocenters. The van der Waals surface area contributed by atoms with Crippen molar-refractivity contribution in [2.24, 2.45) is 0 Å². The molecule has 0 aliphatic rings. The summed E-state index contributed by atoms with van der Waals surface area (Å²) in [7, 11) is 0. The molecule has 3 nitrogen and oxygen atoms in total. The van der Waals surface area contributed by atoms with Gasteiger partial charge >= 0.3 is 5.97 Å². The van der Waals surface area contributed by atoms with Gasteiger partial charge in [-0.05, 0) is 34.0 Å². The molecule has 1 aromatic rings. The molecule has 1 aromatic heterocycles. The van der Waals surface area contributed by atoms with Crippen LogP contribution in [0.5, 0.6) is 0 Å². The first kappa shape index (κ1) is 11.7. The number of nitrogens with zero attached hydrogens (tertiary/aromatic N) is 1. The van der Waals surface area contributed by atoms with E-state index < -0.39 is 5.97 Å². The Hall–Kier alpha value is -0.420. The van der Waals surface area contributed by atoms with Gasteiger partial charge in [-0.3, -0.25) is 0 Å². The lowest BCUT2D eigenvalue weighted by Crippen LogP contribution is -2.02. The summed E-state index contributed by atoms with van der Waals surface area (Å²) >= 11 is 6.73. The summed E-state index contributed by atoms with van der Waals surface area (Å²) in [4.78, 5) is 14.7. The zero-order chi connectivity index (χ0) is 10.7. The van der Waals surface area contributed by atoms with Crippen LogP contribution < -0.4 is 0 Å². The predicted molar refractivity (Wildman–Crippen MR) is 60.9 cm³/mol. The van der Waals surface area contributed by atoms with Gasteiger partial charge < -0.3 is 5.11 Å². The second-order valence-corrected chi connectivity index (χ2v) is 4.61. The van der Waals surface area contributed by atoms with Gasteiger partial charge in [0, 0.05) is 4.83 Å². The van der Waals surface area contributed by atoms with Gasteiger partial charge in [0.2, 0.25) is 0 Å². The van der Waals surface area contributed by atoms with Crippen molar-refractivity contribution in [2.45, 2.75) is 18.2 Å². The predicted octanol–water partition coefficient (Wildman–Crippen LogP) is 3.39. The molecule has 1 unspecified atom stereocenters. The molecule has 1 rings (SSSR count). The summed E-state index contributed by atoms with van der Waals surface area (Å²) in [6, 6.07) is 3.27. The number of hydrogen-bond acceptors (Lipinski definition) is 2. The highest BCUT2D eigenvalue weighted by Gasteiger charge is 2.13. The Morgan fingerprint density at radius 2 is 2.29 bits per heavy atom. The minimum Gasteiger partial charge on any atom is -0.477 e. The monoisotopic (exact) mass is 321 g/mol. The lowest BCUT2D eigenvalue weighted by Gasteiger charge is -2.08. The summed E-state index contributed by atoms with van der Waals surface area (Å²) < 4.78 is 0.584. The Balaban J connectivity index is 3.07. The van der Waals surface area contributed by atoms with Crippen LogP contribution in [0, 0.1) is 0 Å². The van der Waals surface area contributed by atoms with Crippen LogP contribution in [-0.2, 0) is 0 Å². The minimum atomic E-state index is -1.01. The van der Waals surface area contributed by atoms with E-state index in [2.05, 4.69) is 36.8 Å². The normalized spacial score (nSPS) is 12.5. The van der Waals surface area contributed by atoms with E-state index in [1.807, 2.05) is 6.92 Å². The highest BCUT2D eigenvalue weighted by Crippen LogP contribution is 2.30. The van der Waals surface area contributed by atoms with Crippen molar-refractivity contribution in [1.82, 2.24) is 4.98 Å². The van der Waals surface area contributed by atoms with E-state index in [0.29, 0.717) is 4.60 Å². The van der Waals surface area contributed by atoms with Crippen molar-refractivity contribution in [3.63, 3.8) is 0 Å². The lowest BCUT2D eigenvalue weighted by molar-refractivity contribution is 0.0690. The number of pyridine rings is 1. The number of aromatic nitrogens is 1. The molecule has 0 fully saturated rings. The third kappa shape index (κ3) is 2.54. The topological polar surface area (TPSA) is 50.2 Å². The maximum absolute atomic E-state index is 10.6. The van der Waals surface area contributed by atoms with Gasteiger partial charge in [-0.15, -0.1) is 0 Å². The summed E-state index contributed by atoms with van der Waals surface area (Å²) in [5.41, 5.74) is 1.02.